The van der Waals surface area contributed by atoms with Crippen molar-refractivity contribution < 1.29 is 0 Å². The lowest BCUT2D eigenvalue weighted by molar-refractivity contribution is 1.07. The van der Waals surface area contributed by atoms with Crippen molar-refractivity contribution in [1.82, 2.24) is 29.9 Å². The Kier molecular flexibility index (Phi) is 11.6. The highest BCUT2D eigenvalue weighted by molar-refractivity contribution is 5.91. The van der Waals surface area contributed by atoms with Gasteiger partial charge in [0, 0.05) is 33.4 Å². The van der Waals surface area contributed by atoms with E-state index in [0.29, 0.717) is 46.1 Å². The van der Waals surface area contributed by atoms with Crippen LogP contribution in [0.4, 0.5) is 0 Å². The van der Waals surface area contributed by atoms with Gasteiger partial charge in [0.15, 0.2) is 34.9 Å². The van der Waals surface area contributed by atoms with Crippen LogP contribution in [0, 0.1) is 22.7 Å². The highest BCUT2D eigenvalue weighted by Crippen LogP contribution is 2.39. The van der Waals surface area contributed by atoms with E-state index in [4.69, 9.17) is 29.9 Å². The Morgan fingerprint density at radius 1 is 0.214 bits per heavy atom. The van der Waals surface area contributed by atoms with Gasteiger partial charge in [-0.2, -0.15) is 10.5 Å². The van der Waals surface area contributed by atoms with Crippen LogP contribution < -0.4 is 0 Å². The molecule has 0 spiro atoms. The van der Waals surface area contributed by atoms with E-state index < -0.39 is 0 Å². The van der Waals surface area contributed by atoms with Crippen LogP contribution in [0.3, 0.4) is 0 Å². The summed E-state index contributed by atoms with van der Waals surface area (Å²) in [5, 5.41) is 19.2. The van der Waals surface area contributed by atoms with E-state index in [1.54, 1.807) is 12.1 Å². The Morgan fingerprint density at radius 2 is 0.500 bits per heavy atom. The van der Waals surface area contributed by atoms with Crippen LogP contribution in [-0.4, -0.2) is 29.9 Å². The predicted molar refractivity (Wildman–Crippen MR) is 277 cm³/mol. The first kappa shape index (κ1) is 42.6. The Morgan fingerprint density at radius 3 is 0.943 bits per heavy atom. The summed E-state index contributed by atoms with van der Waals surface area (Å²) in [5.74, 6) is 3.25. The summed E-state index contributed by atoms with van der Waals surface area (Å²) in [5.41, 5.74) is 14.0. The van der Waals surface area contributed by atoms with E-state index in [9.17, 15) is 10.5 Å². The minimum absolute atomic E-state index is 0.532. The van der Waals surface area contributed by atoms with Crippen LogP contribution in [-0.2, 0) is 0 Å². The van der Waals surface area contributed by atoms with Crippen molar-refractivity contribution >= 4 is 0 Å². The minimum atomic E-state index is 0.532. The highest BCUT2D eigenvalue weighted by Gasteiger charge is 2.19. The molecular formula is C62H38N8. The molecular weight excluding hydrogens is 857 g/mol. The molecule has 0 saturated carbocycles. The number of rotatable bonds is 10. The summed E-state index contributed by atoms with van der Waals surface area (Å²) in [6.45, 7) is 0. The average molecular weight is 895 g/mol. The third kappa shape index (κ3) is 8.83. The zero-order valence-electron chi connectivity index (χ0n) is 37.5. The first-order chi connectivity index (χ1) is 34.6. The molecule has 0 atom stereocenters. The highest BCUT2D eigenvalue weighted by atomic mass is 15.0. The largest absolute Gasteiger partial charge is 0.208 e. The molecule has 326 valence electrons. The average Bonchev–Trinajstić information content (AvgIpc) is 3.45. The molecule has 0 aliphatic heterocycles. The van der Waals surface area contributed by atoms with Crippen LogP contribution in [0.1, 0.15) is 11.1 Å². The molecule has 0 aliphatic carbocycles. The second-order valence-corrected chi connectivity index (χ2v) is 16.6. The molecule has 11 aromatic rings. The normalized spacial score (nSPS) is 10.8. The van der Waals surface area contributed by atoms with E-state index in [1.807, 2.05) is 158 Å². The summed E-state index contributed by atoms with van der Waals surface area (Å²) < 4.78 is 0. The molecule has 11 rings (SSSR count). The van der Waals surface area contributed by atoms with Crippen molar-refractivity contribution in [3.63, 3.8) is 0 Å². The number of benzene rings is 9. The fourth-order valence-corrected chi connectivity index (χ4v) is 8.61. The SMILES string of the molecule is N#Cc1cccc(-c2cccc(-c3nc(-c4ccccc4)nc(-c4cccc(-c5ccccc5-c5ccccc5-c5nc(-c6ccccc6)nc(-c6cccc(-c7cccc(C#N)c7)c6)n5)c4)n3)c2)c1. The maximum absolute atomic E-state index is 9.61. The van der Waals surface area contributed by atoms with Crippen LogP contribution >= 0.6 is 0 Å². The van der Waals surface area contributed by atoms with Gasteiger partial charge in [0.2, 0.25) is 0 Å². The van der Waals surface area contributed by atoms with Crippen LogP contribution in [0.25, 0.3) is 113 Å². The quantitative estimate of drug-likeness (QED) is 0.133. The van der Waals surface area contributed by atoms with Crippen LogP contribution in [0.5, 0.6) is 0 Å². The second kappa shape index (κ2) is 19.1. The zero-order valence-corrected chi connectivity index (χ0v) is 37.5. The van der Waals surface area contributed by atoms with Crippen molar-refractivity contribution in [2.75, 3.05) is 0 Å². The predicted octanol–water partition coefficient (Wildman–Crippen LogP) is 14.5. The molecule has 8 heteroatoms. The van der Waals surface area contributed by atoms with Gasteiger partial charge in [0.25, 0.3) is 0 Å². The van der Waals surface area contributed by atoms with Crippen LogP contribution in [0.15, 0.2) is 231 Å². The van der Waals surface area contributed by atoms with E-state index in [-0.39, 0.29) is 0 Å². The Labute approximate surface area is 405 Å². The lowest BCUT2D eigenvalue weighted by atomic mass is 9.91. The number of nitrogens with zero attached hydrogens (tertiary/aromatic N) is 8. The second-order valence-electron chi connectivity index (χ2n) is 16.6. The summed E-state index contributed by atoms with van der Waals surface area (Å²) >= 11 is 0. The first-order valence-electron chi connectivity index (χ1n) is 22.7. The molecule has 8 nitrogen and oxygen atoms in total. The van der Waals surface area contributed by atoms with Gasteiger partial charge in [-0.3, -0.25) is 0 Å². The Hall–Kier alpha value is -10.0. The number of nitriles is 2. The molecule has 0 radical (unpaired) electrons. The van der Waals surface area contributed by atoms with Gasteiger partial charge in [-0.1, -0.05) is 188 Å². The summed E-state index contributed by atoms with van der Waals surface area (Å²) in [7, 11) is 0. The topological polar surface area (TPSA) is 125 Å². The fraction of sp³-hybridized carbons (Fsp3) is 0. The third-order valence-corrected chi connectivity index (χ3v) is 12.0. The first-order valence-corrected chi connectivity index (χ1v) is 22.7. The van der Waals surface area contributed by atoms with Gasteiger partial charge in [-0.25, -0.2) is 29.9 Å². The zero-order chi connectivity index (χ0) is 47.2. The Bertz CT molecular complexity index is 3820. The van der Waals surface area contributed by atoms with Crippen molar-refractivity contribution in [2.24, 2.45) is 0 Å². The molecule has 0 amide bonds. The third-order valence-electron chi connectivity index (χ3n) is 12.0. The molecule has 0 unspecified atom stereocenters. The van der Waals surface area contributed by atoms with Crippen molar-refractivity contribution in [1.29, 1.82) is 10.5 Å². The molecule has 0 saturated heterocycles. The maximum atomic E-state index is 9.61. The van der Waals surface area contributed by atoms with Gasteiger partial charge in [-0.15, -0.1) is 0 Å². The fourth-order valence-electron chi connectivity index (χ4n) is 8.61. The molecule has 2 aromatic heterocycles. The van der Waals surface area contributed by atoms with Gasteiger partial charge >= 0.3 is 0 Å². The molecule has 0 N–H and O–H groups in total. The van der Waals surface area contributed by atoms with Crippen molar-refractivity contribution in [2.45, 2.75) is 0 Å². The molecule has 0 aliphatic rings. The van der Waals surface area contributed by atoms with Gasteiger partial charge < -0.3 is 0 Å². The van der Waals surface area contributed by atoms with E-state index >= 15 is 0 Å². The molecule has 0 bridgehead atoms. The van der Waals surface area contributed by atoms with E-state index in [0.717, 1.165) is 77.9 Å². The van der Waals surface area contributed by atoms with E-state index in [2.05, 4.69) is 72.8 Å². The summed E-state index contributed by atoms with van der Waals surface area (Å²) in [6, 6.07) is 80.6. The lowest BCUT2D eigenvalue weighted by Gasteiger charge is -2.16. The number of hydrogen-bond donors (Lipinski definition) is 0. The van der Waals surface area contributed by atoms with Crippen LogP contribution in [0.2, 0.25) is 0 Å². The van der Waals surface area contributed by atoms with Gasteiger partial charge in [0.05, 0.1) is 23.3 Å². The molecule has 0 fully saturated rings. The van der Waals surface area contributed by atoms with Gasteiger partial charge in [0.1, 0.15) is 0 Å². The molecule has 2 heterocycles. The van der Waals surface area contributed by atoms with Crippen molar-refractivity contribution in [3.8, 4) is 125 Å². The van der Waals surface area contributed by atoms with E-state index in [1.165, 1.54) is 0 Å². The Balaban J connectivity index is 1.01. The molecule has 9 aromatic carbocycles. The summed E-state index contributed by atoms with van der Waals surface area (Å²) in [4.78, 5) is 30.6. The lowest BCUT2D eigenvalue weighted by Crippen LogP contribution is -2.01. The van der Waals surface area contributed by atoms with Gasteiger partial charge in [-0.05, 0) is 87.0 Å². The smallest absolute Gasteiger partial charge is 0.164 e. The monoisotopic (exact) mass is 894 g/mol. The number of aromatic nitrogens is 6. The minimum Gasteiger partial charge on any atom is -0.208 e. The maximum Gasteiger partial charge on any atom is 0.164 e. The summed E-state index contributed by atoms with van der Waals surface area (Å²) in [6.07, 6.45) is 0. The standard InChI is InChI=1S/C62H38N8/c63-39-41-16-11-22-45(34-41)47-24-13-27-50(36-47)59-65-57(43-18-3-1-4-19-43)66-60(68-59)52-29-15-26-49(38-52)53-30-7-8-31-54(53)55-32-9-10-33-56(55)62-69-58(44-20-5-2-6-21-44)67-61(70-62)51-28-14-25-48(37-51)46-23-12-17-42(35-46)40-64/h1-38H. The molecule has 70 heavy (non-hydrogen) atoms. The number of hydrogen-bond acceptors (Lipinski definition) is 8. The van der Waals surface area contributed by atoms with Crippen molar-refractivity contribution in [3.05, 3.63) is 242 Å².